The fraction of sp³-hybridized carbons (Fsp3) is 0.0667. The summed E-state index contributed by atoms with van der Waals surface area (Å²) in [6, 6.07) is 37.3. The van der Waals surface area contributed by atoms with Crippen molar-refractivity contribution in [3.05, 3.63) is 126 Å². The second-order valence-corrected chi connectivity index (χ2v) is 10.3. The molecule has 6 rings (SSSR count). The summed E-state index contributed by atoms with van der Waals surface area (Å²) in [5.41, 5.74) is 3.89. The zero-order valence-corrected chi connectivity index (χ0v) is 19.4. The van der Waals surface area contributed by atoms with Crippen LogP contribution < -0.4 is 0 Å². The zero-order valence-electron chi connectivity index (χ0n) is 18.6. The van der Waals surface area contributed by atoms with Crippen LogP contribution in [0.1, 0.15) is 11.1 Å². The Balaban J connectivity index is 1.52. The van der Waals surface area contributed by atoms with Crippen LogP contribution >= 0.6 is 0 Å². The first-order valence-corrected chi connectivity index (χ1v) is 12.9. The summed E-state index contributed by atoms with van der Waals surface area (Å²) in [7, 11) is -3.74. The second kappa shape index (κ2) is 8.15. The molecule has 1 heterocycles. The molecule has 3 nitrogen and oxygen atoms in total. The molecule has 5 aromatic carbocycles. The van der Waals surface area contributed by atoms with Crippen molar-refractivity contribution in [3.8, 4) is 0 Å². The van der Waals surface area contributed by atoms with Gasteiger partial charge in [-0.25, -0.2) is 12.4 Å². The van der Waals surface area contributed by atoms with Crippen LogP contribution in [0.4, 0.5) is 0 Å². The number of aromatic nitrogens is 1. The van der Waals surface area contributed by atoms with Crippen molar-refractivity contribution in [1.29, 1.82) is 0 Å². The molecule has 6 aromatic rings. The smallest absolute Gasteiger partial charge is 0.233 e. The van der Waals surface area contributed by atoms with Gasteiger partial charge in [0, 0.05) is 10.8 Å². The fourth-order valence-electron chi connectivity index (χ4n) is 5.00. The molecule has 0 radical (unpaired) electrons. The van der Waals surface area contributed by atoms with Gasteiger partial charge in [-0.3, -0.25) is 0 Å². The number of fused-ring (bicyclic) bond motifs is 4. The second-order valence-electron chi connectivity index (χ2n) is 8.55. The van der Waals surface area contributed by atoms with E-state index < -0.39 is 10.0 Å². The molecule has 0 amide bonds. The van der Waals surface area contributed by atoms with E-state index in [2.05, 4.69) is 48.5 Å². The predicted molar refractivity (Wildman–Crippen MR) is 140 cm³/mol. The first-order valence-electron chi connectivity index (χ1n) is 11.4. The molecule has 166 valence electrons. The maximum atomic E-state index is 13.7. The van der Waals surface area contributed by atoms with Gasteiger partial charge in [0.2, 0.25) is 0 Å². The summed E-state index contributed by atoms with van der Waals surface area (Å²) in [5, 5.41) is 4.48. The van der Waals surface area contributed by atoms with Crippen LogP contribution in [0, 0.1) is 0 Å². The van der Waals surface area contributed by atoms with Crippen molar-refractivity contribution in [3.63, 3.8) is 0 Å². The molecule has 0 atom stereocenters. The van der Waals surface area contributed by atoms with Gasteiger partial charge in [0.1, 0.15) is 0 Å². The van der Waals surface area contributed by atoms with Gasteiger partial charge in [-0.15, -0.1) is 0 Å². The number of rotatable bonds is 5. The summed E-state index contributed by atoms with van der Waals surface area (Å²) < 4.78 is 29.0. The third kappa shape index (κ3) is 3.30. The standard InChI is InChI=1S/C30H23NO2S/c32-34(33,25-14-2-1-3-15-25)31-28-18-7-6-17-27(28)30-24(13-9-19-29(30)31)21-20-23-12-8-11-22-10-4-5-16-26(22)23/h1-19H,20-21H2. The largest absolute Gasteiger partial charge is 0.268 e. The van der Waals surface area contributed by atoms with E-state index in [1.165, 1.54) is 20.3 Å². The lowest BCUT2D eigenvalue weighted by molar-refractivity contribution is 0.590. The van der Waals surface area contributed by atoms with E-state index in [1.807, 2.05) is 42.5 Å². The Bertz CT molecular complexity index is 1760. The van der Waals surface area contributed by atoms with E-state index in [0.717, 1.165) is 34.7 Å². The highest BCUT2D eigenvalue weighted by Crippen LogP contribution is 2.35. The first-order chi connectivity index (χ1) is 16.6. The van der Waals surface area contributed by atoms with Crippen molar-refractivity contribution in [1.82, 2.24) is 3.97 Å². The molecule has 0 bridgehead atoms. The minimum absolute atomic E-state index is 0.291. The average Bonchev–Trinajstić information content (AvgIpc) is 3.24. The lowest BCUT2D eigenvalue weighted by atomic mass is 9.96. The van der Waals surface area contributed by atoms with Gasteiger partial charge in [-0.2, -0.15) is 0 Å². The molecule has 0 saturated heterocycles. The molecule has 0 aliphatic heterocycles. The average molecular weight is 462 g/mol. The van der Waals surface area contributed by atoms with E-state index in [9.17, 15) is 8.42 Å². The Hall–Kier alpha value is -3.89. The first kappa shape index (κ1) is 20.7. The third-order valence-corrected chi connectivity index (χ3v) is 8.31. The lowest BCUT2D eigenvalue weighted by Gasteiger charge is -2.10. The van der Waals surface area contributed by atoms with Crippen LogP contribution in [0.5, 0.6) is 0 Å². The van der Waals surface area contributed by atoms with Crippen LogP contribution in [-0.2, 0) is 22.9 Å². The van der Waals surface area contributed by atoms with Gasteiger partial charge in [-0.1, -0.05) is 91.0 Å². The Morgan fingerprint density at radius 1 is 0.529 bits per heavy atom. The number of aryl methyl sites for hydroxylation is 2. The molecule has 0 N–H and O–H groups in total. The van der Waals surface area contributed by atoms with Gasteiger partial charge < -0.3 is 0 Å². The quantitative estimate of drug-likeness (QED) is 0.278. The highest BCUT2D eigenvalue weighted by Gasteiger charge is 2.24. The molecule has 1 aromatic heterocycles. The van der Waals surface area contributed by atoms with Crippen LogP contribution in [0.2, 0.25) is 0 Å². The highest BCUT2D eigenvalue weighted by molar-refractivity contribution is 7.90. The summed E-state index contributed by atoms with van der Waals surface area (Å²) in [4.78, 5) is 0.291. The SMILES string of the molecule is O=S(=O)(c1ccccc1)n1c2ccccc2c2c(CCc3cccc4ccccc34)cccc21. The fourth-order valence-corrected chi connectivity index (χ4v) is 6.54. The summed E-state index contributed by atoms with van der Waals surface area (Å²) in [6.45, 7) is 0. The van der Waals surface area contributed by atoms with Crippen LogP contribution in [0.15, 0.2) is 120 Å². The number of hydrogen-bond donors (Lipinski definition) is 0. The lowest BCUT2D eigenvalue weighted by Crippen LogP contribution is -2.12. The molecule has 0 fully saturated rings. The maximum absolute atomic E-state index is 13.7. The monoisotopic (exact) mass is 461 g/mol. The van der Waals surface area contributed by atoms with Crippen molar-refractivity contribution in [2.45, 2.75) is 17.7 Å². The van der Waals surface area contributed by atoms with E-state index in [4.69, 9.17) is 0 Å². The number of para-hydroxylation sites is 1. The number of hydrogen-bond acceptors (Lipinski definition) is 2. The van der Waals surface area contributed by atoms with Gasteiger partial charge >= 0.3 is 0 Å². The Kier molecular flexibility index (Phi) is 4.96. The van der Waals surface area contributed by atoms with Gasteiger partial charge in [-0.05, 0) is 59.0 Å². The molecule has 0 aliphatic carbocycles. The van der Waals surface area contributed by atoms with Gasteiger partial charge in [0.25, 0.3) is 10.0 Å². The third-order valence-electron chi connectivity index (χ3n) is 6.56. The van der Waals surface area contributed by atoms with E-state index >= 15 is 0 Å². The van der Waals surface area contributed by atoms with Gasteiger partial charge in [0.05, 0.1) is 15.9 Å². The molecular formula is C30H23NO2S. The van der Waals surface area contributed by atoms with Crippen molar-refractivity contribution in [2.24, 2.45) is 0 Å². The molecular weight excluding hydrogens is 438 g/mol. The summed E-state index contributed by atoms with van der Waals surface area (Å²) in [5.74, 6) is 0. The number of nitrogens with zero attached hydrogens (tertiary/aromatic N) is 1. The summed E-state index contributed by atoms with van der Waals surface area (Å²) in [6.07, 6.45) is 1.70. The van der Waals surface area contributed by atoms with Crippen molar-refractivity contribution < 1.29 is 8.42 Å². The van der Waals surface area contributed by atoms with Crippen molar-refractivity contribution >= 4 is 42.6 Å². The van der Waals surface area contributed by atoms with Crippen LogP contribution in [0.3, 0.4) is 0 Å². The minimum atomic E-state index is -3.74. The topological polar surface area (TPSA) is 39.1 Å². The molecule has 0 unspecified atom stereocenters. The molecule has 0 spiro atoms. The molecule has 4 heteroatoms. The Labute approximate surface area is 199 Å². The van der Waals surface area contributed by atoms with Crippen LogP contribution in [0.25, 0.3) is 32.6 Å². The van der Waals surface area contributed by atoms with Crippen LogP contribution in [-0.4, -0.2) is 12.4 Å². The minimum Gasteiger partial charge on any atom is -0.233 e. The highest BCUT2D eigenvalue weighted by atomic mass is 32.2. The van der Waals surface area contributed by atoms with Crippen molar-refractivity contribution in [2.75, 3.05) is 0 Å². The predicted octanol–water partition coefficient (Wildman–Crippen LogP) is 6.97. The zero-order chi connectivity index (χ0) is 23.1. The van der Waals surface area contributed by atoms with E-state index in [-0.39, 0.29) is 0 Å². The molecule has 0 aliphatic rings. The van der Waals surface area contributed by atoms with Gasteiger partial charge in [0.15, 0.2) is 0 Å². The number of benzene rings is 5. The molecule has 0 saturated carbocycles. The Morgan fingerprint density at radius 3 is 1.97 bits per heavy atom. The summed E-state index contributed by atoms with van der Waals surface area (Å²) >= 11 is 0. The molecule has 34 heavy (non-hydrogen) atoms. The maximum Gasteiger partial charge on any atom is 0.268 e. The van der Waals surface area contributed by atoms with E-state index in [0.29, 0.717) is 10.4 Å². The Morgan fingerprint density at radius 2 is 1.12 bits per heavy atom. The van der Waals surface area contributed by atoms with E-state index in [1.54, 1.807) is 24.3 Å². The normalized spacial score (nSPS) is 12.0.